The molecule has 7 heteroatoms. The minimum Gasteiger partial charge on any atom is -0.345 e. The van der Waals surface area contributed by atoms with E-state index in [2.05, 4.69) is 15.3 Å². The average molecular weight is 294 g/mol. The number of nitrogens with zero attached hydrogens (tertiary/aromatic N) is 2. The lowest BCUT2D eigenvalue weighted by Crippen LogP contribution is -2.55. The SMILES string of the molecule is CC1CN(S(=O)(=O)c2c[nH]c3ncccc23)CC(C)N1. The summed E-state index contributed by atoms with van der Waals surface area (Å²) in [5.74, 6) is 0. The lowest BCUT2D eigenvalue weighted by atomic mass is 10.2. The predicted molar refractivity (Wildman–Crippen MR) is 76.9 cm³/mol. The Morgan fingerprint density at radius 1 is 1.30 bits per heavy atom. The fraction of sp³-hybridized carbons (Fsp3) is 0.462. The molecule has 0 radical (unpaired) electrons. The quantitative estimate of drug-likeness (QED) is 0.864. The maximum atomic E-state index is 12.8. The van der Waals surface area contributed by atoms with Crippen molar-refractivity contribution in [3.05, 3.63) is 24.5 Å². The van der Waals surface area contributed by atoms with Crippen molar-refractivity contribution in [1.82, 2.24) is 19.6 Å². The summed E-state index contributed by atoms with van der Waals surface area (Å²) in [6.45, 7) is 4.96. The molecule has 108 valence electrons. The molecule has 0 bridgehead atoms. The Labute approximate surface area is 118 Å². The Bertz CT molecular complexity index is 715. The van der Waals surface area contributed by atoms with Gasteiger partial charge in [-0.1, -0.05) is 0 Å². The normalized spacial score (nSPS) is 25.1. The number of H-pyrrole nitrogens is 1. The van der Waals surface area contributed by atoms with Gasteiger partial charge in [-0.3, -0.25) is 0 Å². The molecule has 0 saturated carbocycles. The standard InChI is InChI=1S/C13H18N4O2S/c1-9-7-17(8-10(2)16-9)20(18,19)12-6-15-13-11(12)4-3-5-14-13/h3-6,9-10,16H,7-8H2,1-2H3,(H,14,15). The third kappa shape index (κ3) is 2.21. The molecule has 0 aromatic carbocycles. The number of piperazine rings is 1. The van der Waals surface area contributed by atoms with Crippen LogP contribution in [0.3, 0.4) is 0 Å². The van der Waals surface area contributed by atoms with Crippen molar-refractivity contribution in [2.24, 2.45) is 0 Å². The molecule has 2 aromatic heterocycles. The first-order valence-electron chi connectivity index (χ1n) is 6.67. The molecule has 0 aliphatic carbocycles. The Morgan fingerprint density at radius 3 is 2.70 bits per heavy atom. The summed E-state index contributed by atoms with van der Waals surface area (Å²) in [5.41, 5.74) is 0.599. The van der Waals surface area contributed by atoms with Crippen LogP contribution in [0, 0.1) is 0 Å². The minimum absolute atomic E-state index is 0.150. The second-order valence-electron chi connectivity index (χ2n) is 5.34. The van der Waals surface area contributed by atoms with E-state index in [0.717, 1.165) is 0 Å². The summed E-state index contributed by atoms with van der Waals surface area (Å²) >= 11 is 0. The monoisotopic (exact) mass is 294 g/mol. The van der Waals surface area contributed by atoms with Crippen LogP contribution in [0.25, 0.3) is 11.0 Å². The number of fused-ring (bicyclic) bond motifs is 1. The fourth-order valence-electron chi connectivity index (χ4n) is 2.76. The van der Waals surface area contributed by atoms with Crippen molar-refractivity contribution in [1.29, 1.82) is 0 Å². The van der Waals surface area contributed by atoms with Gasteiger partial charge in [0.05, 0.1) is 0 Å². The molecule has 3 rings (SSSR count). The fourth-order valence-corrected chi connectivity index (χ4v) is 4.52. The number of sulfonamides is 1. The summed E-state index contributed by atoms with van der Waals surface area (Å²) in [6, 6.07) is 3.83. The van der Waals surface area contributed by atoms with Crippen LogP contribution in [0.1, 0.15) is 13.8 Å². The van der Waals surface area contributed by atoms with Crippen molar-refractivity contribution in [2.45, 2.75) is 30.8 Å². The molecule has 2 N–H and O–H groups in total. The first kappa shape index (κ1) is 13.5. The zero-order valence-electron chi connectivity index (χ0n) is 11.5. The highest BCUT2D eigenvalue weighted by atomic mass is 32.2. The smallest absolute Gasteiger partial charge is 0.245 e. The zero-order valence-corrected chi connectivity index (χ0v) is 12.3. The molecule has 3 heterocycles. The number of nitrogens with one attached hydrogen (secondary N) is 2. The van der Waals surface area contributed by atoms with Crippen LogP contribution in [0.2, 0.25) is 0 Å². The van der Waals surface area contributed by atoms with E-state index < -0.39 is 10.0 Å². The van der Waals surface area contributed by atoms with E-state index in [1.54, 1.807) is 22.6 Å². The second kappa shape index (κ2) is 4.83. The van der Waals surface area contributed by atoms with Gasteiger partial charge >= 0.3 is 0 Å². The van der Waals surface area contributed by atoms with Crippen LogP contribution in [0.15, 0.2) is 29.4 Å². The van der Waals surface area contributed by atoms with E-state index in [4.69, 9.17) is 0 Å². The van der Waals surface area contributed by atoms with Crippen molar-refractivity contribution in [2.75, 3.05) is 13.1 Å². The van der Waals surface area contributed by atoms with E-state index in [-0.39, 0.29) is 12.1 Å². The van der Waals surface area contributed by atoms with E-state index in [9.17, 15) is 8.42 Å². The molecule has 1 fully saturated rings. The van der Waals surface area contributed by atoms with Gasteiger partial charge in [-0.05, 0) is 26.0 Å². The van der Waals surface area contributed by atoms with Crippen molar-refractivity contribution in [3.8, 4) is 0 Å². The molecular formula is C13H18N4O2S. The Morgan fingerprint density at radius 2 is 2.00 bits per heavy atom. The average Bonchev–Trinajstić information content (AvgIpc) is 2.82. The summed E-state index contributed by atoms with van der Waals surface area (Å²) in [7, 11) is -3.49. The third-order valence-electron chi connectivity index (χ3n) is 3.56. The van der Waals surface area contributed by atoms with E-state index in [0.29, 0.717) is 29.0 Å². The van der Waals surface area contributed by atoms with Crippen LogP contribution < -0.4 is 5.32 Å². The summed E-state index contributed by atoms with van der Waals surface area (Å²) < 4.78 is 27.2. The highest BCUT2D eigenvalue weighted by Crippen LogP contribution is 2.25. The van der Waals surface area contributed by atoms with Crippen LogP contribution in [0.5, 0.6) is 0 Å². The molecule has 1 aliphatic rings. The molecule has 2 aromatic rings. The highest BCUT2D eigenvalue weighted by molar-refractivity contribution is 7.89. The van der Waals surface area contributed by atoms with Gasteiger partial charge in [-0.25, -0.2) is 13.4 Å². The summed E-state index contributed by atoms with van der Waals surface area (Å²) in [6.07, 6.45) is 3.18. The molecule has 2 atom stereocenters. The number of hydrogen-bond donors (Lipinski definition) is 2. The largest absolute Gasteiger partial charge is 0.345 e. The number of aromatic amines is 1. The molecule has 0 spiro atoms. The van der Waals surface area contributed by atoms with Crippen LogP contribution in [0.4, 0.5) is 0 Å². The van der Waals surface area contributed by atoms with Crippen LogP contribution >= 0.6 is 0 Å². The maximum Gasteiger partial charge on any atom is 0.245 e. The number of hydrogen-bond acceptors (Lipinski definition) is 4. The van der Waals surface area contributed by atoms with Crippen LogP contribution in [-0.2, 0) is 10.0 Å². The Kier molecular flexibility index (Phi) is 3.27. The molecule has 1 aliphatic heterocycles. The van der Waals surface area contributed by atoms with E-state index in [1.807, 2.05) is 13.8 Å². The van der Waals surface area contributed by atoms with Gasteiger partial charge in [0.1, 0.15) is 10.5 Å². The molecule has 6 nitrogen and oxygen atoms in total. The summed E-state index contributed by atoms with van der Waals surface area (Å²) in [5, 5.41) is 3.98. The molecule has 2 unspecified atom stereocenters. The van der Waals surface area contributed by atoms with Crippen molar-refractivity contribution >= 4 is 21.1 Å². The van der Waals surface area contributed by atoms with Gasteiger partial charge in [0.25, 0.3) is 0 Å². The zero-order chi connectivity index (χ0) is 14.3. The number of aromatic nitrogens is 2. The Balaban J connectivity index is 2.03. The van der Waals surface area contributed by atoms with Gasteiger partial charge in [-0.2, -0.15) is 4.31 Å². The molecule has 1 saturated heterocycles. The van der Waals surface area contributed by atoms with Gasteiger partial charge in [0.2, 0.25) is 10.0 Å². The predicted octanol–water partition coefficient (Wildman–Crippen LogP) is 0.934. The van der Waals surface area contributed by atoms with E-state index >= 15 is 0 Å². The van der Waals surface area contributed by atoms with Gasteiger partial charge < -0.3 is 10.3 Å². The lowest BCUT2D eigenvalue weighted by molar-refractivity contribution is 0.263. The molecular weight excluding hydrogens is 276 g/mol. The highest BCUT2D eigenvalue weighted by Gasteiger charge is 2.32. The van der Waals surface area contributed by atoms with Crippen molar-refractivity contribution < 1.29 is 8.42 Å². The summed E-state index contributed by atoms with van der Waals surface area (Å²) in [4.78, 5) is 7.37. The van der Waals surface area contributed by atoms with Gasteiger partial charge in [-0.15, -0.1) is 0 Å². The van der Waals surface area contributed by atoms with Crippen LogP contribution in [-0.4, -0.2) is 47.9 Å². The topological polar surface area (TPSA) is 78.1 Å². The second-order valence-corrected chi connectivity index (χ2v) is 7.25. The first-order chi connectivity index (χ1) is 9.48. The Hall–Kier alpha value is -1.44. The first-order valence-corrected chi connectivity index (χ1v) is 8.11. The molecule has 20 heavy (non-hydrogen) atoms. The third-order valence-corrected chi connectivity index (χ3v) is 5.43. The molecule has 0 amide bonds. The number of pyridine rings is 1. The maximum absolute atomic E-state index is 12.8. The van der Waals surface area contributed by atoms with Gasteiger partial charge in [0.15, 0.2) is 0 Å². The lowest BCUT2D eigenvalue weighted by Gasteiger charge is -2.35. The number of rotatable bonds is 2. The van der Waals surface area contributed by atoms with E-state index in [1.165, 1.54) is 6.20 Å². The van der Waals surface area contributed by atoms with Crippen molar-refractivity contribution in [3.63, 3.8) is 0 Å². The minimum atomic E-state index is -3.49. The van der Waals surface area contributed by atoms with Gasteiger partial charge in [0, 0.05) is 43.0 Å².